The fourth-order valence-electron chi connectivity index (χ4n) is 1.09. The van der Waals surface area contributed by atoms with Crippen molar-refractivity contribution < 1.29 is 14.3 Å². The number of carbonyl (C=O) groups is 1. The molecule has 82 valence electrons. The molecule has 1 amide bonds. The number of amides is 1. The maximum Gasteiger partial charge on any atom is 0.251 e. The van der Waals surface area contributed by atoms with E-state index in [9.17, 15) is 4.79 Å². The van der Waals surface area contributed by atoms with Gasteiger partial charge in [-0.2, -0.15) is 0 Å². The summed E-state index contributed by atoms with van der Waals surface area (Å²) in [6.45, 7) is 5.31. The molecule has 14 heavy (non-hydrogen) atoms. The molecule has 1 aliphatic rings. The molecule has 0 aromatic carbocycles. The van der Waals surface area contributed by atoms with Crippen LogP contribution in [-0.2, 0) is 14.3 Å². The maximum atomic E-state index is 11.6. The summed E-state index contributed by atoms with van der Waals surface area (Å²) in [5.74, 6) is -0.103. The molecule has 0 aliphatic carbocycles. The fraction of sp³-hybridized carbons (Fsp3) is 0.889. The van der Waals surface area contributed by atoms with Gasteiger partial charge in [-0.15, -0.1) is 0 Å². The first-order chi connectivity index (χ1) is 6.55. The lowest BCUT2D eigenvalue weighted by Crippen LogP contribution is -2.51. The van der Waals surface area contributed by atoms with Crippen molar-refractivity contribution in [2.24, 2.45) is 0 Å². The molecule has 0 spiro atoms. The highest BCUT2D eigenvalue weighted by atomic mass is 79.9. The van der Waals surface area contributed by atoms with Crippen LogP contribution in [0, 0.1) is 0 Å². The van der Waals surface area contributed by atoms with Gasteiger partial charge in [0.1, 0.15) is 0 Å². The van der Waals surface area contributed by atoms with Crippen molar-refractivity contribution in [1.29, 1.82) is 0 Å². The highest BCUT2D eigenvalue weighted by Gasteiger charge is 2.27. The molecule has 0 aromatic heterocycles. The first-order valence-corrected chi connectivity index (χ1v) is 5.75. The molecule has 1 atom stereocenters. The van der Waals surface area contributed by atoms with Crippen LogP contribution in [0.25, 0.3) is 0 Å². The van der Waals surface area contributed by atoms with E-state index in [1.165, 1.54) is 0 Å². The van der Waals surface area contributed by atoms with E-state index in [0.717, 1.165) is 0 Å². The Morgan fingerprint density at radius 3 is 2.79 bits per heavy atom. The molecule has 1 aliphatic heterocycles. The monoisotopic (exact) mass is 265 g/mol. The fourth-order valence-corrected chi connectivity index (χ4v) is 1.23. The van der Waals surface area contributed by atoms with Gasteiger partial charge in [0.2, 0.25) is 0 Å². The number of carbonyl (C=O) groups excluding carboxylic acids is 1. The minimum absolute atomic E-state index is 0.103. The van der Waals surface area contributed by atoms with Crippen molar-refractivity contribution in [2.45, 2.75) is 25.5 Å². The Labute approximate surface area is 92.5 Å². The Morgan fingerprint density at radius 2 is 2.29 bits per heavy atom. The smallest absolute Gasteiger partial charge is 0.251 e. The van der Waals surface area contributed by atoms with E-state index in [1.54, 1.807) is 0 Å². The number of nitrogens with one attached hydrogen (secondary N) is 1. The third kappa shape index (κ3) is 3.55. The molecular formula is C9H16BrNO3. The Balaban J connectivity index is 2.40. The molecule has 0 radical (unpaired) electrons. The van der Waals surface area contributed by atoms with Gasteiger partial charge in [0.25, 0.3) is 5.91 Å². The molecular weight excluding hydrogens is 250 g/mol. The van der Waals surface area contributed by atoms with Crippen LogP contribution in [0.2, 0.25) is 0 Å². The van der Waals surface area contributed by atoms with Crippen LogP contribution in [0.1, 0.15) is 13.8 Å². The van der Waals surface area contributed by atoms with Crippen molar-refractivity contribution in [3.63, 3.8) is 0 Å². The van der Waals surface area contributed by atoms with Crippen molar-refractivity contribution in [3.05, 3.63) is 0 Å². The summed E-state index contributed by atoms with van der Waals surface area (Å²) < 4.78 is 10.4. The number of hydrogen-bond donors (Lipinski definition) is 1. The number of ether oxygens (including phenoxy) is 2. The van der Waals surface area contributed by atoms with Gasteiger partial charge in [-0.25, -0.2) is 0 Å². The summed E-state index contributed by atoms with van der Waals surface area (Å²) in [4.78, 5) is 11.6. The van der Waals surface area contributed by atoms with Crippen molar-refractivity contribution in [1.82, 2.24) is 5.32 Å². The second-order valence-electron chi connectivity index (χ2n) is 3.94. The van der Waals surface area contributed by atoms with E-state index < -0.39 is 6.10 Å². The molecule has 0 bridgehead atoms. The number of alkyl halides is 1. The molecule has 0 aromatic rings. The number of rotatable bonds is 3. The third-order valence-electron chi connectivity index (χ3n) is 1.90. The largest absolute Gasteiger partial charge is 0.376 e. The van der Waals surface area contributed by atoms with Gasteiger partial charge < -0.3 is 14.8 Å². The van der Waals surface area contributed by atoms with E-state index in [1.807, 2.05) is 13.8 Å². The zero-order valence-corrected chi connectivity index (χ0v) is 10.1. The average molecular weight is 266 g/mol. The highest BCUT2D eigenvalue weighted by molar-refractivity contribution is 9.09. The van der Waals surface area contributed by atoms with Gasteiger partial charge >= 0.3 is 0 Å². The summed E-state index contributed by atoms with van der Waals surface area (Å²) in [6.07, 6.45) is -0.456. The van der Waals surface area contributed by atoms with Crippen molar-refractivity contribution in [3.8, 4) is 0 Å². The Bertz CT molecular complexity index is 202. The van der Waals surface area contributed by atoms with Crippen LogP contribution in [0.3, 0.4) is 0 Å². The lowest BCUT2D eigenvalue weighted by atomic mass is 10.1. The summed E-state index contributed by atoms with van der Waals surface area (Å²) in [7, 11) is 0. The van der Waals surface area contributed by atoms with E-state index in [2.05, 4.69) is 21.2 Å². The third-order valence-corrected chi connectivity index (χ3v) is 3.31. The van der Waals surface area contributed by atoms with Crippen LogP contribution in [0.4, 0.5) is 0 Å². The zero-order valence-electron chi connectivity index (χ0n) is 8.51. The molecule has 1 rings (SSSR count). The van der Waals surface area contributed by atoms with Gasteiger partial charge in [-0.05, 0) is 13.8 Å². The summed E-state index contributed by atoms with van der Waals surface area (Å²) in [5, 5.41) is 3.59. The molecule has 4 nitrogen and oxygen atoms in total. The SMILES string of the molecule is CC(C)(CBr)NC(=O)C1COCCO1. The molecule has 1 saturated heterocycles. The Kier molecular flexibility index (Phi) is 4.34. The van der Waals surface area contributed by atoms with Gasteiger partial charge in [0.05, 0.1) is 19.8 Å². The average Bonchev–Trinajstić information content (AvgIpc) is 2.19. The predicted octanol–water partition coefficient (Wildman–Crippen LogP) is 0.692. The zero-order chi connectivity index (χ0) is 10.6. The van der Waals surface area contributed by atoms with Crippen molar-refractivity contribution >= 4 is 21.8 Å². The van der Waals surface area contributed by atoms with Crippen LogP contribution < -0.4 is 5.32 Å². The minimum Gasteiger partial charge on any atom is -0.376 e. The first-order valence-electron chi connectivity index (χ1n) is 4.62. The molecule has 1 heterocycles. The number of hydrogen-bond acceptors (Lipinski definition) is 3. The van der Waals surface area contributed by atoms with Crippen molar-refractivity contribution in [2.75, 3.05) is 25.2 Å². The highest BCUT2D eigenvalue weighted by Crippen LogP contribution is 2.08. The van der Waals surface area contributed by atoms with Crippen LogP contribution >= 0.6 is 15.9 Å². The van der Waals surface area contributed by atoms with Gasteiger partial charge in [0, 0.05) is 10.9 Å². The molecule has 5 heteroatoms. The second kappa shape index (κ2) is 5.09. The standard InChI is InChI=1S/C9H16BrNO3/c1-9(2,6-10)11-8(12)7-5-13-3-4-14-7/h7H,3-6H2,1-2H3,(H,11,12). The molecule has 0 saturated carbocycles. The van der Waals surface area contributed by atoms with E-state index in [4.69, 9.17) is 9.47 Å². The summed E-state index contributed by atoms with van der Waals surface area (Å²) in [6, 6.07) is 0. The summed E-state index contributed by atoms with van der Waals surface area (Å²) >= 11 is 3.34. The van der Waals surface area contributed by atoms with Gasteiger partial charge in [-0.1, -0.05) is 15.9 Å². The van der Waals surface area contributed by atoms with E-state index >= 15 is 0 Å². The lowest BCUT2D eigenvalue weighted by Gasteiger charge is -2.28. The van der Waals surface area contributed by atoms with Gasteiger partial charge in [-0.3, -0.25) is 4.79 Å². The maximum absolute atomic E-state index is 11.6. The molecule has 1 unspecified atom stereocenters. The second-order valence-corrected chi connectivity index (χ2v) is 4.50. The Morgan fingerprint density at radius 1 is 1.57 bits per heavy atom. The minimum atomic E-state index is -0.456. The lowest BCUT2D eigenvalue weighted by molar-refractivity contribution is -0.148. The van der Waals surface area contributed by atoms with E-state index in [0.29, 0.717) is 25.2 Å². The van der Waals surface area contributed by atoms with Gasteiger partial charge in [0.15, 0.2) is 6.10 Å². The first kappa shape index (κ1) is 11.9. The molecule has 1 N–H and O–H groups in total. The quantitative estimate of drug-likeness (QED) is 0.765. The van der Waals surface area contributed by atoms with Crippen LogP contribution in [0.15, 0.2) is 0 Å². The number of halogens is 1. The summed E-state index contributed by atoms with van der Waals surface area (Å²) in [5.41, 5.74) is -0.252. The normalized spacial score (nSPS) is 23.2. The predicted molar refractivity (Wildman–Crippen MR) is 56.6 cm³/mol. The van der Waals surface area contributed by atoms with Crippen LogP contribution in [0.5, 0.6) is 0 Å². The van der Waals surface area contributed by atoms with E-state index in [-0.39, 0.29) is 11.4 Å². The topological polar surface area (TPSA) is 47.6 Å². The van der Waals surface area contributed by atoms with Crippen LogP contribution in [-0.4, -0.2) is 42.7 Å². The molecule has 1 fully saturated rings. The Hall–Kier alpha value is -0.130.